The van der Waals surface area contributed by atoms with Crippen LogP contribution >= 0.6 is 0 Å². The van der Waals surface area contributed by atoms with E-state index in [9.17, 15) is 9.59 Å². The van der Waals surface area contributed by atoms with E-state index in [2.05, 4.69) is 29.2 Å². The standard InChI is InChI=1S/C22H27N3O2/c26-21-8-3-4-10-24(21)13-9-22(27)25-12-5-11-23(14-15-25)20-16-18-6-1-2-7-19(18)17-20/h1-4,6-8,10,20H,5,9,11-17H2. The van der Waals surface area contributed by atoms with Crippen molar-refractivity contribution in [1.29, 1.82) is 0 Å². The Morgan fingerprint density at radius 2 is 1.67 bits per heavy atom. The number of pyridine rings is 1. The molecule has 1 aromatic carbocycles. The van der Waals surface area contributed by atoms with Gasteiger partial charge in [-0.3, -0.25) is 14.5 Å². The molecule has 0 saturated carbocycles. The molecule has 1 aliphatic heterocycles. The number of hydrogen-bond donors (Lipinski definition) is 0. The third-order valence-electron chi connectivity index (χ3n) is 5.89. The molecular formula is C22H27N3O2. The molecule has 1 aliphatic carbocycles. The van der Waals surface area contributed by atoms with E-state index >= 15 is 0 Å². The normalized spacial score (nSPS) is 18.3. The molecule has 1 aromatic heterocycles. The van der Waals surface area contributed by atoms with Crippen LogP contribution in [0.15, 0.2) is 53.5 Å². The molecule has 2 aliphatic rings. The largest absolute Gasteiger partial charge is 0.341 e. The van der Waals surface area contributed by atoms with Crippen molar-refractivity contribution >= 4 is 5.91 Å². The van der Waals surface area contributed by atoms with Gasteiger partial charge in [0.05, 0.1) is 0 Å². The van der Waals surface area contributed by atoms with E-state index in [1.165, 1.54) is 17.2 Å². The van der Waals surface area contributed by atoms with Crippen LogP contribution in [0, 0.1) is 0 Å². The SMILES string of the molecule is O=C(CCn1ccccc1=O)N1CCCN(C2Cc3ccccc3C2)CC1. The number of rotatable bonds is 4. The van der Waals surface area contributed by atoms with E-state index in [1.807, 2.05) is 11.0 Å². The lowest BCUT2D eigenvalue weighted by Crippen LogP contribution is -2.40. The van der Waals surface area contributed by atoms with Crippen LogP contribution in [-0.4, -0.2) is 52.5 Å². The Morgan fingerprint density at radius 1 is 0.926 bits per heavy atom. The van der Waals surface area contributed by atoms with Gasteiger partial charge >= 0.3 is 0 Å². The molecule has 0 unspecified atom stereocenters. The van der Waals surface area contributed by atoms with Gasteiger partial charge in [-0.25, -0.2) is 0 Å². The van der Waals surface area contributed by atoms with Crippen LogP contribution in [0.5, 0.6) is 0 Å². The summed E-state index contributed by atoms with van der Waals surface area (Å²) in [5, 5.41) is 0. The second-order valence-corrected chi connectivity index (χ2v) is 7.58. The van der Waals surface area contributed by atoms with Crippen molar-refractivity contribution in [2.75, 3.05) is 26.2 Å². The van der Waals surface area contributed by atoms with Gasteiger partial charge in [0.1, 0.15) is 0 Å². The van der Waals surface area contributed by atoms with Crippen LogP contribution in [-0.2, 0) is 24.2 Å². The summed E-state index contributed by atoms with van der Waals surface area (Å²) < 4.78 is 1.61. The molecule has 1 fully saturated rings. The average molecular weight is 365 g/mol. The van der Waals surface area contributed by atoms with Crippen LogP contribution in [0.1, 0.15) is 24.0 Å². The van der Waals surface area contributed by atoms with Crippen LogP contribution in [0.2, 0.25) is 0 Å². The van der Waals surface area contributed by atoms with E-state index in [0.29, 0.717) is 19.0 Å². The number of aryl methyl sites for hydroxylation is 1. The van der Waals surface area contributed by atoms with Crippen molar-refractivity contribution in [3.05, 3.63) is 70.1 Å². The second kappa shape index (κ2) is 8.09. The monoisotopic (exact) mass is 365 g/mol. The highest BCUT2D eigenvalue weighted by molar-refractivity contribution is 5.76. The molecule has 2 heterocycles. The zero-order chi connectivity index (χ0) is 18.6. The molecule has 0 N–H and O–H groups in total. The molecule has 4 rings (SSSR count). The van der Waals surface area contributed by atoms with Gasteiger partial charge in [-0.05, 0) is 36.5 Å². The number of fused-ring (bicyclic) bond motifs is 1. The van der Waals surface area contributed by atoms with E-state index in [4.69, 9.17) is 0 Å². The highest BCUT2D eigenvalue weighted by atomic mass is 16.2. The number of carbonyl (C=O) groups excluding carboxylic acids is 1. The number of nitrogens with zero attached hydrogens (tertiary/aromatic N) is 3. The van der Waals surface area contributed by atoms with E-state index in [-0.39, 0.29) is 11.5 Å². The molecule has 0 bridgehead atoms. The molecule has 142 valence electrons. The average Bonchev–Trinajstić information content (AvgIpc) is 2.96. The highest BCUT2D eigenvalue weighted by Crippen LogP contribution is 2.26. The summed E-state index contributed by atoms with van der Waals surface area (Å²) in [6.45, 7) is 4.06. The number of aromatic nitrogens is 1. The fourth-order valence-electron chi connectivity index (χ4n) is 4.37. The molecule has 0 radical (unpaired) electrons. The van der Waals surface area contributed by atoms with Crippen molar-refractivity contribution in [1.82, 2.24) is 14.4 Å². The zero-order valence-corrected chi connectivity index (χ0v) is 15.7. The Kier molecular flexibility index (Phi) is 5.39. The number of carbonyl (C=O) groups is 1. The third-order valence-corrected chi connectivity index (χ3v) is 5.89. The molecular weight excluding hydrogens is 338 g/mol. The smallest absolute Gasteiger partial charge is 0.250 e. The lowest BCUT2D eigenvalue weighted by Gasteiger charge is -2.27. The molecule has 5 heteroatoms. The summed E-state index contributed by atoms with van der Waals surface area (Å²) in [4.78, 5) is 29.0. The first kappa shape index (κ1) is 18.0. The van der Waals surface area contributed by atoms with Crippen LogP contribution < -0.4 is 5.56 Å². The number of amides is 1. The summed E-state index contributed by atoms with van der Waals surface area (Å²) in [5.41, 5.74) is 2.91. The first-order valence-corrected chi connectivity index (χ1v) is 9.95. The zero-order valence-electron chi connectivity index (χ0n) is 15.7. The Labute approximate surface area is 160 Å². The molecule has 5 nitrogen and oxygen atoms in total. The Balaban J connectivity index is 1.30. The Bertz CT molecular complexity index is 835. The second-order valence-electron chi connectivity index (χ2n) is 7.58. The van der Waals surface area contributed by atoms with Crippen molar-refractivity contribution in [3.8, 4) is 0 Å². The number of benzene rings is 1. The number of hydrogen-bond acceptors (Lipinski definition) is 3. The van der Waals surface area contributed by atoms with Crippen molar-refractivity contribution in [3.63, 3.8) is 0 Å². The maximum absolute atomic E-state index is 12.6. The van der Waals surface area contributed by atoms with Gasteiger partial charge in [0.25, 0.3) is 5.56 Å². The van der Waals surface area contributed by atoms with Gasteiger partial charge < -0.3 is 9.47 Å². The minimum Gasteiger partial charge on any atom is -0.341 e. The lowest BCUT2D eigenvalue weighted by molar-refractivity contribution is -0.131. The van der Waals surface area contributed by atoms with Gasteiger partial charge in [0.15, 0.2) is 0 Å². The van der Waals surface area contributed by atoms with Gasteiger partial charge in [-0.15, -0.1) is 0 Å². The summed E-state index contributed by atoms with van der Waals surface area (Å²) >= 11 is 0. The summed E-state index contributed by atoms with van der Waals surface area (Å²) in [6, 6.07) is 14.4. The molecule has 1 saturated heterocycles. The first-order valence-electron chi connectivity index (χ1n) is 9.95. The highest BCUT2D eigenvalue weighted by Gasteiger charge is 2.28. The van der Waals surface area contributed by atoms with Crippen molar-refractivity contribution in [2.24, 2.45) is 0 Å². The van der Waals surface area contributed by atoms with E-state index in [1.54, 1.807) is 16.8 Å². The van der Waals surface area contributed by atoms with E-state index in [0.717, 1.165) is 45.4 Å². The van der Waals surface area contributed by atoms with Gasteiger partial charge in [-0.1, -0.05) is 30.3 Å². The van der Waals surface area contributed by atoms with Gasteiger partial charge in [-0.2, -0.15) is 0 Å². The summed E-state index contributed by atoms with van der Waals surface area (Å²) in [6.07, 6.45) is 5.41. The predicted octanol–water partition coefficient (Wildman–Crippen LogP) is 1.94. The minimum atomic E-state index is -0.0480. The van der Waals surface area contributed by atoms with Crippen molar-refractivity contribution in [2.45, 2.75) is 38.3 Å². The van der Waals surface area contributed by atoms with E-state index < -0.39 is 0 Å². The van der Waals surface area contributed by atoms with Gasteiger partial charge in [0, 0.05) is 57.4 Å². The molecule has 27 heavy (non-hydrogen) atoms. The molecule has 2 aromatic rings. The van der Waals surface area contributed by atoms with Crippen LogP contribution in [0.25, 0.3) is 0 Å². The Hall–Kier alpha value is -2.40. The van der Waals surface area contributed by atoms with Gasteiger partial charge in [0.2, 0.25) is 5.91 Å². The maximum Gasteiger partial charge on any atom is 0.250 e. The van der Waals surface area contributed by atoms with Crippen LogP contribution in [0.3, 0.4) is 0 Å². The molecule has 1 amide bonds. The first-order chi connectivity index (χ1) is 13.2. The predicted molar refractivity (Wildman–Crippen MR) is 106 cm³/mol. The topological polar surface area (TPSA) is 45.6 Å². The summed E-state index contributed by atoms with van der Waals surface area (Å²) in [5.74, 6) is 0.155. The quantitative estimate of drug-likeness (QED) is 0.832. The molecule has 0 atom stereocenters. The fraction of sp³-hybridized carbons (Fsp3) is 0.455. The maximum atomic E-state index is 12.6. The summed E-state index contributed by atoms with van der Waals surface area (Å²) in [7, 11) is 0. The third kappa shape index (κ3) is 4.14. The fourth-order valence-corrected chi connectivity index (χ4v) is 4.37. The molecule has 0 spiro atoms. The lowest BCUT2D eigenvalue weighted by atomic mass is 10.1. The van der Waals surface area contributed by atoms with Crippen molar-refractivity contribution < 1.29 is 4.79 Å². The Morgan fingerprint density at radius 3 is 2.41 bits per heavy atom. The minimum absolute atomic E-state index is 0.0480. The van der Waals surface area contributed by atoms with Crippen LogP contribution in [0.4, 0.5) is 0 Å².